The van der Waals surface area contributed by atoms with Crippen LogP contribution in [0.25, 0.3) is 11.1 Å². The number of H-pyrrole nitrogens is 1. The lowest BCUT2D eigenvalue weighted by Crippen LogP contribution is -2.37. The zero-order chi connectivity index (χ0) is 29.3. The fourth-order valence-corrected chi connectivity index (χ4v) is 5.01. The first-order valence-corrected chi connectivity index (χ1v) is 12.8. The lowest BCUT2D eigenvalue weighted by Gasteiger charge is -2.31. The monoisotopic (exact) mass is 562 g/mol. The van der Waals surface area contributed by atoms with E-state index in [0.29, 0.717) is 41.1 Å². The van der Waals surface area contributed by atoms with Crippen LogP contribution in [0.4, 0.5) is 13.2 Å². The van der Waals surface area contributed by atoms with Crippen molar-refractivity contribution in [2.75, 3.05) is 13.2 Å². The highest BCUT2D eigenvalue weighted by atomic mass is 19.4. The van der Waals surface area contributed by atoms with Crippen LogP contribution in [-0.2, 0) is 25.7 Å². The molecule has 1 N–H and O–H groups in total. The number of hydrogen-bond donors (Lipinski definition) is 1. The number of nitriles is 1. The Hall–Kier alpha value is -4.92. The van der Waals surface area contributed by atoms with Gasteiger partial charge >= 0.3 is 6.18 Å². The van der Waals surface area contributed by atoms with Crippen LogP contribution in [0.3, 0.4) is 0 Å². The molecule has 0 radical (unpaired) electrons. The molecule has 0 aliphatic carbocycles. The Balaban J connectivity index is 1.59. The molecule has 5 rings (SSSR count). The molecule has 0 atom stereocenters. The van der Waals surface area contributed by atoms with Crippen LogP contribution in [-0.4, -0.2) is 43.5 Å². The number of ether oxygens (including phenoxy) is 1. The Kier molecular flexibility index (Phi) is 7.36. The van der Waals surface area contributed by atoms with Gasteiger partial charge in [-0.1, -0.05) is 0 Å². The summed E-state index contributed by atoms with van der Waals surface area (Å²) in [6, 6.07) is 7.52. The third kappa shape index (κ3) is 5.56. The number of alkyl halides is 3. The van der Waals surface area contributed by atoms with Gasteiger partial charge in [-0.3, -0.25) is 14.6 Å². The average Bonchev–Trinajstić information content (AvgIpc) is 3.34. The maximum Gasteiger partial charge on any atom is 0.417 e. The Morgan fingerprint density at radius 2 is 1.88 bits per heavy atom. The van der Waals surface area contributed by atoms with Gasteiger partial charge in [0.25, 0.3) is 5.91 Å². The fourth-order valence-electron chi connectivity index (χ4n) is 5.01. The van der Waals surface area contributed by atoms with Crippen LogP contribution < -0.4 is 10.3 Å². The Bertz CT molecular complexity index is 1740. The summed E-state index contributed by atoms with van der Waals surface area (Å²) in [6.07, 6.45) is 1.31. The van der Waals surface area contributed by atoms with Crippen LogP contribution in [0.1, 0.15) is 51.1 Å². The summed E-state index contributed by atoms with van der Waals surface area (Å²) >= 11 is 0. The number of hydrogen-bond acceptors (Lipinski definition) is 6. The summed E-state index contributed by atoms with van der Waals surface area (Å²) in [4.78, 5) is 38.1. The van der Waals surface area contributed by atoms with Gasteiger partial charge < -0.3 is 19.2 Å². The molecule has 0 unspecified atom stereocenters. The lowest BCUT2D eigenvalue weighted by atomic mass is 9.87. The third-order valence-electron chi connectivity index (χ3n) is 6.95. The number of nitrogens with one attached hydrogen (secondary N) is 1. The normalized spacial score (nSPS) is 13.2. The summed E-state index contributed by atoms with van der Waals surface area (Å²) in [5.41, 5.74) is 0.229. The number of benzene rings is 1. The van der Waals surface area contributed by atoms with Crippen molar-refractivity contribution in [1.29, 1.82) is 5.26 Å². The van der Waals surface area contributed by atoms with E-state index in [4.69, 9.17) is 4.74 Å². The maximum atomic E-state index is 14.0. The van der Waals surface area contributed by atoms with Gasteiger partial charge in [-0.25, -0.2) is 4.98 Å². The lowest BCUT2D eigenvalue weighted by molar-refractivity contribution is -0.137. The first-order valence-electron chi connectivity index (χ1n) is 12.8. The van der Waals surface area contributed by atoms with Gasteiger partial charge in [-0.05, 0) is 49.1 Å². The number of rotatable bonds is 7. The topological polar surface area (TPSA) is 117 Å². The average molecular weight is 563 g/mol. The number of aryl methyl sites for hydroxylation is 1. The van der Waals surface area contributed by atoms with Crippen LogP contribution >= 0.6 is 0 Å². The second kappa shape index (κ2) is 10.9. The number of pyridine rings is 2. The van der Waals surface area contributed by atoms with Gasteiger partial charge in [0.1, 0.15) is 23.2 Å². The molecule has 1 aliphatic heterocycles. The quantitative estimate of drug-likeness (QED) is 0.355. The van der Waals surface area contributed by atoms with Crippen molar-refractivity contribution in [2.24, 2.45) is 0 Å². The highest BCUT2D eigenvalue weighted by Crippen LogP contribution is 2.40. The molecule has 210 valence electrons. The largest absolute Gasteiger partial charge is 0.492 e. The van der Waals surface area contributed by atoms with Crippen molar-refractivity contribution < 1.29 is 22.7 Å². The summed E-state index contributed by atoms with van der Waals surface area (Å²) in [5.74, 6) is 0.705. The van der Waals surface area contributed by atoms with Gasteiger partial charge in [0.05, 0.1) is 24.4 Å². The zero-order valence-electron chi connectivity index (χ0n) is 22.2. The number of nitrogens with zero attached hydrogens (tertiary/aromatic N) is 5. The molecule has 1 aliphatic rings. The number of carbonyl (C=O) groups excluding carboxylic acids is 1. The number of carbonyl (C=O) groups is 1. The molecular weight excluding hydrogens is 537 g/mol. The van der Waals surface area contributed by atoms with Gasteiger partial charge in [-0.15, -0.1) is 0 Å². The minimum atomic E-state index is -4.78. The van der Waals surface area contributed by atoms with Gasteiger partial charge in [-0.2, -0.15) is 18.4 Å². The zero-order valence-corrected chi connectivity index (χ0v) is 22.2. The van der Waals surface area contributed by atoms with Gasteiger partial charge in [0, 0.05) is 61.1 Å². The molecule has 1 amide bonds. The Labute approximate surface area is 232 Å². The van der Waals surface area contributed by atoms with E-state index >= 15 is 0 Å². The van der Waals surface area contributed by atoms with Crippen molar-refractivity contribution in [3.63, 3.8) is 0 Å². The third-order valence-corrected chi connectivity index (χ3v) is 6.95. The van der Waals surface area contributed by atoms with Crippen molar-refractivity contribution in [3.05, 3.63) is 98.7 Å². The van der Waals surface area contributed by atoms with E-state index in [2.05, 4.69) is 15.0 Å². The summed E-state index contributed by atoms with van der Waals surface area (Å²) in [5, 5.41) is 9.32. The van der Waals surface area contributed by atoms with Crippen LogP contribution in [0.15, 0.2) is 53.8 Å². The van der Waals surface area contributed by atoms with E-state index in [9.17, 15) is 28.0 Å². The SMILES string of the molecule is CCOc1cc(CN2CCc3c(cc(Cn4ccnc4C)cc3-c3c[nH]c(=O)cc3C(F)(F)F)C2=O)ncc1C#N. The molecule has 4 aromatic rings. The van der Waals surface area contributed by atoms with Crippen LogP contribution in [0.5, 0.6) is 5.75 Å². The molecule has 12 heteroatoms. The standard InChI is InChI=1S/C29H25F3N6O3/c1-3-41-26-10-20(35-13-19(26)12-33)16-38-6-4-21-22(24-14-36-27(39)11-25(24)29(30,31)32)8-18(9-23(21)28(38)40)15-37-7-5-34-17(37)2/h5,7-11,13-14H,3-4,6,15-16H2,1-2H3,(H,36,39). The summed E-state index contributed by atoms with van der Waals surface area (Å²) in [6.45, 7) is 4.57. The number of aromatic nitrogens is 4. The van der Waals surface area contributed by atoms with E-state index in [-0.39, 0.29) is 54.2 Å². The van der Waals surface area contributed by atoms with Crippen LogP contribution in [0, 0.1) is 18.3 Å². The number of amides is 1. The van der Waals surface area contributed by atoms with Crippen molar-refractivity contribution in [3.8, 4) is 22.9 Å². The molecule has 0 spiro atoms. The van der Waals surface area contributed by atoms with Gasteiger partial charge in [0.15, 0.2) is 0 Å². The van der Waals surface area contributed by atoms with E-state index in [0.717, 1.165) is 6.20 Å². The number of imidazole rings is 1. The first kappa shape index (κ1) is 27.6. The van der Waals surface area contributed by atoms with Crippen molar-refractivity contribution in [1.82, 2.24) is 24.4 Å². The molecule has 0 saturated heterocycles. The van der Waals surface area contributed by atoms with Crippen molar-refractivity contribution >= 4 is 5.91 Å². The van der Waals surface area contributed by atoms with E-state index in [1.807, 2.05) is 10.6 Å². The summed E-state index contributed by atoms with van der Waals surface area (Å²) < 4.78 is 49.5. The smallest absolute Gasteiger partial charge is 0.417 e. The van der Waals surface area contributed by atoms with E-state index in [1.54, 1.807) is 49.3 Å². The van der Waals surface area contributed by atoms with E-state index in [1.165, 1.54) is 6.20 Å². The maximum absolute atomic E-state index is 14.0. The molecule has 9 nitrogen and oxygen atoms in total. The number of fused-ring (bicyclic) bond motifs is 1. The minimum absolute atomic E-state index is 0.122. The molecule has 4 heterocycles. The molecule has 0 bridgehead atoms. The second-order valence-corrected chi connectivity index (χ2v) is 9.59. The minimum Gasteiger partial charge on any atom is -0.492 e. The predicted octanol–water partition coefficient (Wildman–Crippen LogP) is 4.48. The number of aromatic amines is 1. The predicted molar refractivity (Wildman–Crippen MR) is 142 cm³/mol. The molecule has 0 fully saturated rings. The molecular formula is C29H25F3N6O3. The Morgan fingerprint density at radius 1 is 1.10 bits per heavy atom. The first-order chi connectivity index (χ1) is 19.6. The molecule has 1 aromatic carbocycles. The van der Waals surface area contributed by atoms with E-state index < -0.39 is 17.3 Å². The summed E-state index contributed by atoms with van der Waals surface area (Å²) in [7, 11) is 0. The van der Waals surface area contributed by atoms with Crippen LogP contribution in [0.2, 0.25) is 0 Å². The highest BCUT2D eigenvalue weighted by molar-refractivity contribution is 5.99. The second-order valence-electron chi connectivity index (χ2n) is 9.59. The van der Waals surface area contributed by atoms with Crippen molar-refractivity contribution in [2.45, 2.75) is 39.5 Å². The molecule has 0 saturated carbocycles. The number of halogens is 3. The Morgan fingerprint density at radius 3 is 2.56 bits per heavy atom. The highest BCUT2D eigenvalue weighted by Gasteiger charge is 2.36. The molecule has 41 heavy (non-hydrogen) atoms. The molecule has 3 aromatic heterocycles. The van der Waals surface area contributed by atoms with Gasteiger partial charge in [0.2, 0.25) is 5.56 Å². The fraction of sp³-hybridized carbons (Fsp3) is 0.276.